The van der Waals surface area contributed by atoms with Crippen molar-refractivity contribution in [1.29, 1.82) is 0 Å². The van der Waals surface area contributed by atoms with Gasteiger partial charge in [-0.1, -0.05) is 18.5 Å². The topological polar surface area (TPSA) is 84.9 Å². The molecule has 1 aromatic carbocycles. The van der Waals surface area contributed by atoms with Crippen LogP contribution in [-0.4, -0.2) is 53.1 Å². The second-order valence-electron chi connectivity index (χ2n) is 6.46. The van der Waals surface area contributed by atoms with Crippen LogP contribution in [-0.2, 0) is 19.1 Å². The second-order valence-corrected chi connectivity index (χ2v) is 8.00. The molecule has 150 valence electrons. The fourth-order valence-corrected chi connectivity index (χ4v) is 4.34. The lowest BCUT2D eigenvalue weighted by Gasteiger charge is -2.49. The molecular weight excluding hydrogens is 404 g/mol. The zero-order valence-corrected chi connectivity index (χ0v) is 17.1. The third kappa shape index (κ3) is 4.28. The standard InChI is InChI=1S/C19H21ClN2O5S/c1-3-8-26-19(25)16-11(2)10-28-18-15(17(24)22(16)18)21-14(23)9-27-13-6-4-12(20)5-7-13/h4-7,15,18H,3,8-10H2,1-2H3,(H,21,23)/t15-,18-/m1/s1. The van der Waals surface area contributed by atoms with Crippen LogP contribution in [0, 0.1) is 0 Å². The van der Waals surface area contributed by atoms with Gasteiger partial charge in [0.05, 0.1) is 6.61 Å². The van der Waals surface area contributed by atoms with Crippen LogP contribution in [0.5, 0.6) is 5.75 Å². The largest absolute Gasteiger partial charge is 0.484 e. The molecule has 1 aromatic rings. The van der Waals surface area contributed by atoms with Crippen molar-refractivity contribution in [2.24, 2.45) is 0 Å². The minimum Gasteiger partial charge on any atom is -0.484 e. The summed E-state index contributed by atoms with van der Waals surface area (Å²) in [4.78, 5) is 38.5. The molecular formula is C19H21ClN2O5S. The third-order valence-corrected chi connectivity index (χ3v) is 5.97. The van der Waals surface area contributed by atoms with Crippen molar-refractivity contribution in [2.45, 2.75) is 31.7 Å². The first-order valence-electron chi connectivity index (χ1n) is 8.91. The second kappa shape index (κ2) is 8.87. The highest BCUT2D eigenvalue weighted by Crippen LogP contribution is 2.40. The van der Waals surface area contributed by atoms with Crippen LogP contribution in [0.3, 0.4) is 0 Å². The normalized spacial score (nSPS) is 21.0. The number of ether oxygens (including phenoxy) is 2. The fraction of sp³-hybridized carbons (Fsp3) is 0.421. The minimum absolute atomic E-state index is 0.219. The molecule has 3 rings (SSSR count). The summed E-state index contributed by atoms with van der Waals surface area (Å²) >= 11 is 7.31. The van der Waals surface area contributed by atoms with Gasteiger partial charge in [-0.25, -0.2) is 4.79 Å². The van der Waals surface area contributed by atoms with Crippen LogP contribution in [0.2, 0.25) is 5.02 Å². The molecule has 2 heterocycles. The Balaban J connectivity index is 1.57. The Morgan fingerprint density at radius 3 is 2.71 bits per heavy atom. The van der Waals surface area contributed by atoms with Crippen molar-refractivity contribution in [3.8, 4) is 5.75 Å². The van der Waals surface area contributed by atoms with Crippen LogP contribution >= 0.6 is 23.4 Å². The van der Waals surface area contributed by atoms with Crippen molar-refractivity contribution in [1.82, 2.24) is 10.2 Å². The monoisotopic (exact) mass is 424 g/mol. The third-order valence-electron chi connectivity index (χ3n) is 4.29. The Morgan fingerprint density at radius 2 is 2.04 bits per heavy atom. The number of hydrogen-bond donors (Lipinski definition) is 1. The Kier molecular flexibility index (Phi) is 6.51. The Bertz CT molecular complexity index is 811. The van der Waals surface area contributed by atoms with Gasteiger partial charge in [0.1, 0.15) is 22.9 Å². The zero-order valence-electron chi connectivity index (χ0n) is 15.6. The summed E-state index contributed by atoms with van der Waals surface area (Å²) < 4.78 is 10.6. The van der Waals surface area contributed by atoms with Crippen LogP contribution < -0.4 is 10.1 Å². The van der Waals surface area contributed by atoms with Crippen LogP contribution in [0.4, 0.5) is 0 Å². The molecule has 0 unspecified atom stereocenters. The molecule has 2 aliphatic heterocycles. The maximum Gasteiger partial charge on any atom is 0.355 e. The molecule has 7 nitrogen and oxygen atoms in total. The molecule has 1 N–H and O–H groups in total. The molecule has 2 amide bonds. The summed E-state index contributed by atoms with van der Waals surface area (Å²) in [6.45, 7) is 3.80. The number of hydrogen-bond acceptors (Lipinski definition) is 6. The highest BCUT2D eigenvalue weighted by Gasteiger charge is 2.53. The van der Waals surface area contributed by atoms with Gasteiger partial charge in [-0.05, 0) is 43.2 Å². The number of β-lactam (4-membered cyclic amide) rings is 1. The molecule has 0 aromatic heterocycles. The Labute approximate surface area is 172 Å². The quantitative estimate of drug-likeness (QED) is 0.534. The summed E-state index contributed by atoms with van der Waals surface area (Å²) in [5.41, 5.74) is 1.09. The Hall–Kier alpha value is -2.19. The van der Waals surface area contributed by atoms with Gasteiger partial charge in [-0.2, -0.15) is 0 Å². The van der Waals surface area contributed by atoms with Gasteiger partial charge in [0, 0.05) is 10.8 Å². The summed E-state index contributed by atoms with van der Waals surface area (Å²) in [5.74, 6) is -0.116. The molecule has 0 radical (unpaired) electrons. The molecule has 1 saturated heterocycles. The number of nitrogens with one attached hydrogen (secondary N) is 1. The number of nitrogens with zero attached hydrogens (tertiary/aromatic N) is 1. The lowest BCUT2D eigenvalue weighted by Crippen LogP contribution is -2.70. The van der Waals surface area contributed by atoms with E-state index in [1.807, 2.05) is 13.8 Å². The number of thioether (sulfide) groups is 1. The molecule has 0 aliphatic carbocycles. The number of fused-ring (bicyclic) bond motifs is 1. The lowest BCUT2D eigenvalue weighted by molar-refractivity contribution is -0.153. The highest BCUT2D eigenvalue weighted by molar-refractivity contribution is 8.00. The van der Waals surface area contributed by atoms with E-state index >= 15 is 0 Å². The number of benzene rings is 1. The number of esters is 1. The van der Waals surface area contributed by atoms with Gasteiger partial charge >= 0.3 is 5.97 Å². The van der Waals surface area contributed by atoms with E-state index in [1.165, 1.54) is 16.7 Å². The average Bonchev–Trinajstić information content (AvgIpc) is 2.69. The van der Waals surface area contributed by atoms with Gasteiger partial charge in [-0.3, -0.25) is 14.5 Å². The molecule has 1 fully saturated rings. The van der Waals surface area contributed by atoms with Crippen molar-refractivity contribution in [2.75, 3.05) is 19.0 Å². The van der Waals surface area contributed by atoms with E-state index in [4.69, 9.17) is 21.1 Å². The van der Waals surface area contributed by atoms with E-state index in [1.54, 1.807) is 24.3 Å². The summed E-state index contributed by atoms with van der Waals surface area (Å²) in [6, 6.07) is 5.95. The predicted octanol–water partition coefficient (Wildman–Crippen LogP) is 2.35. The van der Waals surface area contributed by atoms with Gasteiger partial charge in [-0.15, -0.1) is 11.8 Å². The fourth-order valence-electron chi connectivity index (χ4n) is 2.92. The average molecular weight is 425 g/mol. The molecule has 9 heteroatoms. The molecule has 28 heavy (non-hydrogen) atoms. The number of carbonyl (C=O) groups excluding carboxylic acids is 3. The van der Waals surface area contributed by atoms with Crippen molar-refractivity contribution >= 4 is 41.1 Å². The molecule has 2 aliphatic rings. The molecule has 0 bridgehead atoms. The first-order chi connectivity index (χ1) is 13.4. The Morgan fingerprint density at radius 1 is 1.32 bits per heavy atom. The molecule has 0 spiro atoms. The maximum atomic E-state index is 12.6. The minimum atomic E-state index is -0.687. The number of carbonyl (C=O) groups is 3. The predicted molar refractivity (Wildman–Crippen MR) is 106 cm³/mol. The van der Waals surface area contributed by atoms with E-state index in [9.17, 15) is 14.4 Å². The summed E-state index contributed by atoms with van der Waals surface area (Å²) in [6.07, 6.45) is 0.705. The van der Waals surface area contributed by atoms with E-state index in [0.717, 1.165) is 5.57 Å². The van der Waals surface area contributed by atoms with Crippen molar-refractivity contribution in [3.05, 3.63) is 40.6 Å². The van der Waals surface area contributed by atoms with Crippen molar-refractivity contribution in [3.63, 3.8) is 0 Å². The number of rotatable bonds is 7. The zero-order chi connectivity index (χ0) is 20.3. The smallest absolute Gasteiger partial charge is 0.355 e. The maximum absolute atomic E-state index is 12.6. The summed E-state index contributed by atoms with van der Waals surface area (Å²) in [7, 11) is 0. The van der Waals surface area contributed by atoms with Gasteiger partial charge in [0.15, 0.2) is 6.61 Å². The SMILES string of the molecule is CCCOC(=O)C1=C(C)CS[C@@H]2[C@H](NC(=O)COc3ccc(Cl)cc3)C(=O)N12. The van der Waals surface area contributed by atoms with E-state index in [2.05, 4.69) is 5.32 Å². The highest BCUT2D eigenvalue weighted by atomic mass is 35.5. The molecule has 2 atom stereocenters. The van der Waals surface area contributed by atoms with Crippen LogP contribution in [0.15, 0.2) is 35.5 Å². The van der Waals surface area contributed by atoms with Crippen LogP contribution in [0.1, 0.15) is 20.3 Å². The van der Waals surface area contributed by atoms with Gasteiger partial charge < -0.3 is 14.8 Å². The van der Waals surface area contributed by atoms with E-state index in [-0.39, 0.29) is 17.9 Å². The molecule has 0 saturated carbocycles. The first kappa shape index (κ1) is 20.5. The first-order valence-corrected chi connectivity index (χ1v) is 10.3. The van der Waals surface area contributed by atoms with E-state index < -0.39 is 17.9 Å². The summed E-state index contributed by atoms with van der Waals surface area (Å²) in [5, 5.41) is 2.94. The number of amides is 2. The number of halogens is 1. The van der Waals surface area contributed by atoms with Gasteiger partial charge in [0.25, 0.3) is 11.8 Å². The van der Waals surface area contributed by atoms with Gasteiger partial charge in [0.2, 0.25) is 0 Å². The lowest BCUT2D eigenvalue weighted by atomic mass is 10.0. The van der Waals surface area contributed by atoms with Crippen molar-refractivity contribution < 1.29 is 23.9 Å². The van der Waals surface area contributed by atoms with Crippen LogP contribution in [0.25, 0.3) is 0 Å². The van der Waals surface area contributed by atoms with E-state index in [0.29, 0.717) is 35.2 Å².